The van der Waals surface area contributed by atoms with Crippen LogP contribution in [0.15, 0.2) is 36.5 Å². The van der Waals surface area contributed by atoms with Gasteiger partial charge < -0.3 is 10.5 Å². The molecule has 1 heterocycles. The van der Waals surface area contributed by atoms with Crippen molar-refractivity contribution in [1.82, 2.24) is 4.98 Å². The van der Waals surface area contributed by atoms with Gasteiger partial charge in [0.25, 0.3) is 0 Å². The number of ether oxygens (including phenoxy) is 1. The van der Waals surface area contributed by atoms with Gasteiger partial charge >= 0.3 is 6.18 Å². The molecule has 20 heavy (non-hydrogen) atoms. The number of pyridine rings is 1. The van der Waals surface area contributed by atoms with Gasteiger partial charge in [-0.15, -0.1) is 0 Å². The molecule has 0 spiro atoms. The number of nitrogen functional groups attached to an aromatic ring is 1. The first-order chi connectivity index (χ1) is 9.35. The van der Waals surface area contributed by atoms with Gasteiger partial charge in [-0.05, 0) is 23.8 Å². The molecule has 0 aliphatic heterocycles. The second-order valence-electron chi connectivity index (χ2n) is 4.03. The Morgan fingerprint density at radius 3 is 2.45 bits per heavy atom. The maximum atomic E-state index is 12.2. The Balaban J connectivity index is 2.35. The van der Waals surface area contributed by atoms with Gasteiger partial charge in [0.1, 0.15) is 0 Å². The predicted molar refractivity (Wildman–Crippen MR) is 70.6 cm³/mol. The number of alkyl halides is 3. The summed E-state index contributed by atoms with van der Waals surface area (Å²) in [5.41, 5.74) is 6.94. The maximum Gasteiger partial charge on any atom is 0.422 e. The van der Waals surface area contributed by atoms with Crippen LogP contribution in [0.2, 0.25) is 5.02 Å². The smallest absolute Gasteiger partial charge is 0.422 e. The molecule has 2 N–H and O–H groups in total. The van der Waals surface area contributed by atoms with Gasteiger partial charge in [-0.3, -0.25) is 0 Å². The molecule has 0 amide bonds. The Bertz CT molecular complexity index is 600. The normalized spacial score (nSPS) is 11.4. The van der Waals surface area contributed by atoms with E-state index in [0.717, 1.165) is 0 Å². The van der Waals surface area contributed by atoms with Crippen molar-refractivity contribution in [2.75, 3.05) is 12.3 Å². The van der Waals surface area contributed by atoms with E-state index in [1.54, 1.807) is 24.3 Å². The van der Waals surface area contributed by atoms with Crippen molar-refractivity contribution < 1.29 is 17.9 Å². The van der Waals surface area contributed by atoms with E-state index < -0.39 is 12.8 Å². The van der Waals surface area contributed by atoms with E-state index in [0.29, 0.717) is 21.8 Å². The SMILES string of the molecule is Nc1cnc(OCC(F)(F)F)c(-c2ccc(Cl)cc2)c1. The highest BCUT2D eigenvalue weighted by atomic mass is 35.5. The largest absolute Gasteiger partial charge is 0.468 e. The molecule has 106 valence electrons. The molecule has 1 aromatic heterocycles. The van der Waals surface area contributed by atoms with E-state index in [1.165, 1.54) is 12.3 Å². The lowest BCUT2D eigenvalue weighted by molar-refractivity contribution is -0.154. The molecule has 0 fully saturated rings. The molecule has 0 saturated carbocycles. The second kappa shape index (κ2) is 5.58. The van der Waals surface area contributed by atoms with Crippen LogP contribution in [0.4, 0.5) is 18.9 Å². The third-order valence-electron chi connectivity index (χ3n) is 2.40. The van der Waals surface area contributed by atoms with Gasteiger partial charge in [-0.1, -0.05) is 23.7 Å². The standard InChI is InChI=1S/C13H10ClF3N2O/c14-9-3-1-8(2-4-9)11-5-10(18)6-19-12(11)20-7-13(15,16)17/h1-6H,7,18H2. The number of rotatable bonds is 3. The number of nitrogens with two attached hydrogens (primary N) is 1. The lowest BCUT2D eigenvalue weighted by Crippen LogP contribution is -2.20. The molecule has 0 atom stereocenters. The fourth-order valence-corrected chi connectivity index (χ4v) is 1.70. The Morgan fingerprint density at radius 2 is 1.85 bits per heavy atom. The van der Waals surface area contributed by atoms with Gasteiger partial charge in [0.15, 0.2) is 6.61 Å². The third kappa shape index (κ3) is 3.77. The van der Waals surface area contributed by atoms with E-state index in [2.05, 4.69) is 4.98 Å². The summed E-state index contributed by atoms with van der Waals surface area (Å²) in [4.78, 5) is 3.80. The van der Waals surface area contributed by atoms with E-state index in [1.807, 2.05) is 0 Å². The summed E-state index contributed by atoms with van der Waals surface area (Å²) in [5, 5.41) is 0.517. The second-order valence-corrected chi connectivity index (χ2v) is 4.47. The van der Waals surface area contributed by atoms with Crippen molar-refractivity contribution in [3.63, 3.8) is 0 Å². The van der Waals surface area contributed by atoms with Crippen molar-refractivity contribution in [3.8, 4) is 17.0 Å². The van der Waals surface area contributed by atoms with Crippen molar-refractivity contribution in [2.45, 2.75) is 6.18 Å². The summed E-state index contributed by atoms with van der Waals surface area (Å²) >= 11 is 5.77. The quantitative estimate of drug-likeness (QED) is 0.934. The molecule has 0 bridgehead atoms. The predicted octanol–water partition coefficient (Wildman–Crippen LogP) is 3.93. The van der Waals surface area contributed by atoms with Crippen LogP contribution in [-0.2, 0) is 0 Å². The average molecular weight is 303 g/mol. The van der Waals surface area contributed by atoms with Crippen molar-refractivity contribution in [1.29, 1.82) is 0 Å². The molecule has 2 rings (SSSR count). The zero-order valence-corrected chi connectivity index (χ0v) is 10.9. The number of halogens is 4. The summed E-state index contributed by atoms with van der Waals surface area (Å²) in [6.07, 6.45) is -3.19. The summed E-state index contributed by atoms with van der Waals surface area (Å²) in [6.45, 7) is -1.41. The molecule has 0 aliphatic rings. The molecule has 7 heteroatoms. The first kappa shape index (κ1) is 14.5. The van der Waals surface area contributed by atoms with Crippen LogP contribution in [-0.4, -0.2) is 17.8 Å². The molecule has 0 radical (unpaired) electrons. The van der Waals surface area contributed by atoms with E-state index in [4.69, 9.17) is 22.1 Å². The van der Waals surface area contributed by atoms with Crippen molar-refractivity contribution in [2.24, 2.45) is 0 Å². The fourth-order valence-electron chi connectivity index (χ4n) is 1.57. The molecule has 0 saturated heterocycles. The highest BCUT2D eigenvalue weighted by molar-refractivity contribution is 6.30. The highest BCUT2D eigenvalue weighted by Crippen LogP contribution is 2.31. The maximum absolute atomic E-state index is 12.2. The monoisotopic (exact) mass is 302 g/mol. The van der Waals surface area contributed by atoms with Crippen LogP contribution in [0.25, 0.3) is 11.1 Å². The van der Waals surface area contributed by atoms with Crippen LogP contribution >= 0.6 is 11.6 Å². The Morgan fingerprint density at radius 1 is 1.20 bits per heavy atom. The Hall–Kier alpha value is -1.95. The minimum atomic E-state index is -4.43. The molecule has 1 aromatic carbocycles. The molecular weight excluding hydrogens is 293 g/mol. The van der Waals surface area contributed by atoms with Crippen LogP contribution in [0.1, 0.15) is 0 Å². The molecular formula is C13H10ClF3N2O. The average Bonchev–Trinajstić information content (AvgIpc) is 2.37. The number of hydrogen-bond acceptors (Lipinski definition) is 3. The Kier molecular flexibility index (Phi) is 4.04. The minimum Gasteiger partial charge on any atom is -0.468 e. The van der Waals surface area contributed by atoms with Gasteiger partial charge in [-0.25, -0.2) is 4.98 Å². The minimum absolute atomic E-state index is 0.126. The molecule has 0 aliphatic carbocycles. The van der Waals surface area contributed by atoms with Crippen LogP contribution < -0.4 is 10.5 Å². The molecule has 0 unspecified atom stereocenters. The van der Waals surface area contributed by atoms with E-state index >= 15 is 0 Å². The first-order valence-corrected chi connectivity index (χ1v) is 5.94. The summed E-state index contributed by atoms with van der Waals surface area (Å²) < 4.78 is 41.4. The lowest BCUT2D eigenvalue weighted by Gasteiger charge is -2.12. The summed E-state index contributed by atoms with van der Waals surface area (Å²) in [7, 11) is 0. The zero-order chi connectivity index (χ0) is 14.8. The number of anilines is 1. The number of aromatic nitrogens is 1. The zero-order valence-electron chi connectivity index (χ0n) is 10.1. The summed E-state index contributed by atoms with van der Waals surface area (Å²) in [6, 6.07) is 8.04. The lowest BCUT2D eigenvalue weighted by atomic mass is 10.1. The number of nitrogens with zero attached hydrogens (tertiary/aromatic N) is 1. The molecule has 2 aromatic rings. The van der Waals surface area contributed by atoms with Gasteiger partial charge in [0.05, 0.1) is 11.9 Å². The van der Waals surface area contributed by atoms with Crippen LogP contribution in [0.5, 0.6) is 5.88 Å². The van der Waals surface area contributed by atoms with Gasteiger partial charge in [0, 0.05) is 10.6 Å². The topological polar surface area (TPSA) is 48.1 Å². The van der Waals surface area contributed by atoms with Crippen molar-refractivity contribution >= 4 is 17.3 Å². The van der Waals surface area contributed by atoms with E-state index in [-0.39, 0.29) is 5.88 Å². The number of hydrogen-bond donors (Lipinski definition) is 1. The number of benzene rings is 1. The van der Waals surface area contributed by atoms with Gasteiger partial charge in [0.2, 0.25) is 5.88 Å². The third-order valence-corrected chi connectivity index (χ3v) is 2.65. The van der Waals surface area contributed by atoms with Crippen molar-refractivity contribution in [3.05, 3.63) is 41.6 Å². The first-order valence-electron chi connectivity index (χ1n) is 5.56. The van der Waals surface area contributed by atoms with Gasteiger partial charge in [-0.2, -0.15) is 13.2 Å². The highest BCUT2D eigenvalue weighted by Gasteiger charge is 2.29. The van der Waals surface area contributed by atoms with Crippen LogP contribution in [0.3, 0.4) is 0 Å². The van der Waals surface area contributed by atoms with E-state index in [9.17, 15) is 13.2 Å². The Labute approximate surface area is 118 Å². The molecule has 3 nitrogen and oxygen atoms in total. The van der Waals surface area contributed by atoms with Crippen LogP contribution in [0, 0.1) is 0 Å². The fraction of sp³-hybridized carbons (Fsp3) is 0.154. The summed E-state index contributed by atoms with van der Waals surface area (Å²) in [5.74, 6) is -0.126.